The Kier molecular flexibility index (Phi) is 4.26. The van der Waals surface area contributed by atoms with Gasteiger partial charge in [0.1, 0.15) is 5.82 Å². The Balaban J connectivity index is 1.65. The predicted molar refractivity (Wildman–Crippen MR) is 76.1 cm³/mol. The minimum Gasteiger partial charge on any atom is -0.389 e. The molecule has 1 fully saturated rings. The number of halogens is 3. The molecule has 0 saturated carbocycles. The second kappa shape index (κ2) is 6.23. The van der Waals surface area contributed by atoms with E-state index in [1.54, 1.807) is 4.90 Å². The first-order chi connectivity index (χ1) is 11.3. The molecule has 0 radical (unpaired) electrons. The van der Waals surface area contributed by atoms with Gasteiger partial charge in [-0.3, -0.25) is 4.79 Å². The van der Waals surface area contributed by atoms with Gasteiger partial charge in [-0.25, -0.2) is 0 Å². The summed E-state index contributed by atoms with van der Waals surface area (Å²) in [7, 11) is 0. The minimum atomic E-state index is -4.67. The molecule has 8 nitrogen and oxygen atoms in total. The highest BCUT2D eigenvalue weighted by Gasteiger charge is 2.37. The number of carbonyl (C=O) groups is 1. The molecule has 0 bridgehead atoms. The number of likely N-dealkylation sites (tertiary alicyclic amines) is 1. The molecule has 1 saturated heterocycles. The number of aliphatic hydroxyl groups is 1. The van der Waals surface area contributed by atoms with Gasteiger partial charge in [-0.2, -0.15) is 17.7 Å². The van der Waals surface area contributed by atoms with E-state index in [0.29, 0.717) is 17.5 Å². The predicted octanol–water partition coefficient (Wildman–Crippen LogP) is 0.538. The number of nitrogens with one attached hydrogen (secondary N) is 1. The summed E-state index contributed by atoms with van der Waals surface area (Å²) in [6.07, 6.45) is -4.27. The zero-order chi connectivity index (χ0) is 17.3. The number of fused-ring (bicyclic) bond motifs is 1. The molecule has 24 heavy (non-hydrogen) atoms. The molecule has 2 aromatic heterocycles. The lowest BCUT2D eigenvalue weighted by Crippen LogP contribution is -2.36. The van der Waals surface area contributed by atoms with Gasteiger partial charge in [0.05, 0.1) is 6.10 Å². The maximum atomic E-state index is 12.8. The van der Waals surface area contributed by atoms with Crippen molar-refractivity contribution in [1.82, 2.24) is 24.7 Å². The van der Waals surface area contributed by atoms with E-state index >= 15 is 0 Å². The van der Waals surface area contributed by atoms with Crippen LogP contribution in [0, 0.1) is 0 Å². The van der Waals surface area contributed by atoms with Crippen LogP contribution in [0.2, 0.25) is 0 Å². The topological polar surface area (TPSA) is 95.7 Å². The highest BCUT2D eigenvalue weighted by molar-refractivity contribution is 5.78. The zero-order valence-electron chi connectivity index (χ0n) is 12.5. The van der Waals surface area contributed by atoms with Crippen molar-refractivity contribution < 1.29 is 23.1 Å². The first-order valence-electron chi connectivity index (χ1n) is 7.34. The Morgan fingerprint density at radius 2 is 2.12 bits per heavy atom. The Bertz CT molecular complexity index is 747. The van der Waals surface area contributed by atoms with Crippen molar-refractivity contribution in [3.8, 4) is 0 Å². The molecule has 1 aliphatic rings. The first kappa shape index (κ1) is 16.4. The number of anilines is 1. The number of nitrogens with zero attached hydrogens (tertiary/aromatic N) is 5. The third kappa shape index (κ3) is 3.40. The maximum Gasteiger partial charge on any atom is 0.453 e. The number of hydrogen-bond acceptors (Lipinski definition) is 6. The number of aliphatic hydroxyl groups excluding tert-OH is 1. The number of carbonyl (C=O) groups excluding carboxylic acids is 1. The fraction of sp³-hybridized carbons (Fsp3) is 0.538. The number of hydrogen-bond donors (Lipinski definition) is 2. The number of amides is 1. The molecule has 2 aromatic rings. The van der Waals surface area contributed by atoms with Crippen LogP contribution >= 0.6 is 0 Å². The van der Waals surface area contributed by atoms with Crippen LogP contribution in [0.1, 0.15) is 18.7 Å². The molecular formula is C13H15F3N6O2. The third-order valence-electron chi connectivity index (χ3n) is 3.64. The van der Waals surface area contributed by atoms with E-state index in [1.165, 1.54) is 12.1 Å². The Morgan fingerprint density at radius 3 is 2.79 bits per heavy atom. The monoisotopic (exact) mass is 344 g/mol. The fourth-order valence-electron chi connectivity index (χ4n) is 2.50. The van der Waals surface area contributed by atoms with Gasteiger partial charge >= 0.3 is 6.18 Å². The van der Waals surface area contributed by atoms with E-state index < -0.39 is 18.1 Å². The van der Waals surface area contributed by atoms with Crippen LogP contribution in [0.15, 0.2) is 12.1 Å². The van der Waals surface area contributed by atoms with Gasteiger partial charge in [0.15, 0.2) is 5.65 Å². The van der Waals surface area contributed by atoms with Crippen LogP contribution in [0.25, 0.3) is 5.65 Å². The number of rotatable bonds is 5. The summed E-state index contributed by atoms with van der Waals surface area (Å²) in [5, 5.41) is 23.0. The van der Waals surface area contributed by atoms with Crippen molar-refractivity contribution in [2.45, 2.75) is 25.1 Å². The van der Waals surface area contributed by atoms with Crippen molar-refractivity contribution in [1.29, 1.82) is 0 Å². The standard InChI is InChI=1S/C13H15F3N6O2/c14-13(15,16)12-19-18-10-4-3-9(20-22(10)12)17-6-8(23)7-21-5-1-2-11(21)24/h3-4,8,23H,1-2,5-7H2,(H,17,20)/t8-/m0/s1. The van der Waals surface area contributed by atoms with Gasteiger partial charge in [0, 0.05) is 26.1 Å². The quantitative estimate of drug-likeness (QED) is 0.822. The normalized spacial score (nSPS) is 16.8. The number of β-amino-alcohol motifs (C(OH)–C–C–N with tert-alkyl or cyclic N) is 1. The SMILES string of the molecule is O=C1CCCN1C[C@@H](O)CNc1ccc2nnc(C(F)(F)F)n2n1. The molecule has 1 aliphatic heterocycles. The Hall–Kier alpha value is -2.43. The number of alkyl halides is 3. The van der Waals surface area contributed by atoms with Gasteiger partial charge in [-0.15, -0.1) is 15.3 Å². The maximum absolute atomic E-state index is 12.8. The summed E-state index contributed by atoms with van der Waals surface area (Å²) in [4.78, 5) is 13.1. The van der Waals surface area contributed by atoms with E-state index in [-0.39, 0.29) is 30.5 Å². The van der Waals surface area contributed by atoms with Crippen LogP contribution in [-0.2, 0) is 11.0 Å². The summed E-state index contributed by atoms with van der Waals surface area (Å²) in [5.41, 5.74) is -0.0314. The summed E-state index contributed by atoms with van der Waals surface area (Å²) >= 11 is 0. The molecule has 0 aromatic carbocycles. The van der Waals surface area contributed by atoms with Gasteiger partial charge in [0.2, 0.25) is 5.91 Å². The molecule has 0 unspecified atom stereocenters. The van der Waals surface area contributed by atoms with Crippen LogP contribution in [0.4, 0.5) is 19.0 Å². The molecule has 3 heterocycles. The summed E-state index contributed by atoms with van der Waals surface area (Å²) in [6.45, 7) is 0.829. The summed E-state index contributed by atoms with van der Waals surface area (Å²) < 4.78 is 39.0. The van der Waals surface area contributed by atoms with E-state index in [4.69, 9.17) is 0 Å². The van der Waals surface area contributed by atoms with Gasteiger partial charge < -0.3 is 15.3 Å². The summed E-state index contributed by atoms with van der Waals surface area (Å²) in [6, 6.07) is 2.78. The molecular weight excluding hydrogens is 329 g/mol. The Labute approximate surface area is 134 Å². The van der Waals surface area contributed by atoms with Gasteiger partial charge in [-0.1, -0.05) is 0 Å². The Morgan fingerprint density at radius 1 is 1.33 bits per heavy atom. The van der Waals surface area contributed by atoms with Crippen molar-refractivity contribution in [3.05, 3.63) is 18.0 Å². The highest BCUT2D eigenvalue weighted by atomic mass is 19.4. The van der Waals surface area contributed by atoms with Crippen LogP contribution < -0.4 is 5.32 Å². The summed E-state index contributed by atoms with van der Waals surface area (Å²) in [5.74, 6) is -1.09. The molecule has 3 rings (SSSR count). The molecule has 1 amide bonds. The molecule has 0 aliphatic carbocycles. The molecule has 1 atom stereocenters. The van der Waals surface area contributed by atoms with Crippen LogP contribution in [-0.4, -0.2) is 61.5 Å². The first-order valence-corrected chi connectivity index (χ1v) is 7.34. The fourth-order valence-corrected chi connectivity index (χ4v) is 2.50. The van der Waals surface area contributed by atoms with E-state index in [2.05, 4.69) is 20.6 Å². The van der Waals surface area contributed by atoms with E-state index in [0.717, 1.165) is 6.42 Å². The zero-order valence-corrected chi connectivity index (χ0v) is 12.5. The van der Waals surface area contributed by atoms with Crippen LogP contribution in [0.3, 0.4) is 0 Å². The average Bonchev–Trinajstić information content (AvgIpc) is 3.11. The molecule has 2 N–H and O–H groups in total. The molecule has 0 spiro atoms. The number of aromatic nitrogens is 4. The highest BCUT2D eigenvalue weighted by Crippen LogP contribution is 2.27. The van der Waals surface area contributed by atoms with Crippen molar-refractivity contribution in [2.24, 2.45) is 0 Å². The lowest BCUT2D eigenvalue weighted by atomic mass is 10.3. The smallest absolute Gasteiger partial charge is 0.389 e. The average molecular weight is 344 g/mol. The van der Waals surface area contributed by atoms with E-state index in [1.807, 2.05) is 0 Å². The van der Waals surface area contributed by atoms with Crippen molar-refractivity contribution in [3.63, 3.8) is 0 Å². The largest absolute Gasteiger partial charge is 0.453 e. The second-order valence-corrected chi connectivity index (χ2v) is 5.49. The lowest BCUT2D eigenvalue weighted by Gasteiger charge is -2.20. The van der Waals surface area contributed by atoms with Crippen LogP contribution in [0.5, 0.6) is 0 Å². The minimum absolute atomic E-state index is 0.00657. The van der Waals surface area contributed by atoms with Gasteiger partial charge in [-0.05, 0) is 18.6 Å². The second-order valence-electron chi connectivity index (χ2n) is 5.49. The molecule has 11 heteroatoms. The van der Waals surface area contributed by atoms with Gasteiger partial charge in [0.25, 0.3) is 5.82 Å². The van der Waals surface area contributed by atoms with E-state index in [9.17, 15) is 23.1 Å². The van der Waals surface area contributed by atoms with Crippen molar-refractivity contribution in [2.75, 3.05) is 25.0 Å². The van der Waals surface area contributed by atoms with Crippen molar-refractivity contribution >= 4 is 17.4 Å². The third-order valence-corrected chi connectivity index (χ3v) is 3.64. The molecule has 130 valence electrons. The lowest BCUT2D eigenvalue weighted by molar-refractivity contribution is -0.146.